The van der Waals surface area contributed by atoms with Gasteiger partial charge < -0.3 is 4.90 Å². The van der Waals surface area contributed by atoms with Crippen LogP contribution in [0.1, 0.15) is 21.7 Å². The van der Waals surface area contributed by atoms with Crippen molar-refractivity contribution in [1.29, 1.82) is 0 Å². The zero-order valence-corrected chi connectivity index (χ0v) is 16.8. The van der Waals surface area contributed by atoms with E-state index in [4.69, 9.17) is 11.6 Å². The molecule has 1 aliphatic rings. The summed E-state index contributed by atoms with van der Waals surface area (Å²) in [6.07, 6.45) is 0. The Morgan fingerprint density at radius 3 is 2.33 bits per heavy atom. The van der Waals surface area contributed by atoms with Gasteiger partial charge >= 0.3 is 0 Å². The Balaban J connectivity index is 1.75. The first-order valence-electron chi connectivity index (χ1n) is 8.37. The smallest absolute Gasteiger partial charge is 0.253 e. The second kappa shape index (κ2) is 7.21. The molecule has 7 nitrogen and oxygen atoms in total. The fraction of sp³-hybridized carbons (Fsp3) is 0.412. The van der Waals surface area contributed by atoms with Gasteiger partial charge in [0.15, 0.2) is 0 Å². The third-order valence-corrected chi connectivity index (χ3v) is 7.17. The van der Waals surface area contributed by atoms with E-state index in [1.54, 1.807) is 30.5 Å². The van der Waals surface area contributed by atoms with Crippen LogP contribution in [0, 0.1) is 19.7 Å². The lowest BCUT2D eigenvalue weighted by molar-refractivity contribution is 0.0698. The van der Waals surface area contributed by atoms with Crippen LogP contribution in [-0.4, -0.2) is 59.5 Å². The fourth-order valence-corrected chi connectivity index (χ4v) is 5.20. The van der Waals surface area contributed by atoms with Crippen molar-refractivity contribution in [3.8, 4) is 0 Å². The summed E-state index contributed by atoms with van der Waals surface area (Å²) in [6, 6.07) is 3.80. The summed E-state index contributed by atoms with van der Waals surface area (Å²) < 4.78 is 42.1. The van der Waals surface area contributed by atoms with Gasteiger partial charge in [0.05, 0.1) is 16.4 Å². The van der Waals surface area contributed by atoms with Gasteiger partial charge in [-0.1, -0.05) is 11.6 Å². The minimum atomic E-state index is -3.69. The molecule has 10 heteroatoms. The molecule has 0 spiro atoms. The average molecular weight is 415 g/mol. The van der Waals surface area contributed by atoms with E-state index in [1.165, 1.54) is 16.4 Å². The van der Waals surface area contributed by atoms with Crippen LogP contribution in [0.4, 0.5) is 4.39 Å². The van der Waals surface area contributed by atoms with E-state index in [1.807, 2.05) is 0 Å². The maximum Gasteiger partial charge on any atom is 0.253 e. The maximum atomic E-state index is 13.3. The number of halogens is 2. The summed E-state index contributed by atoms with van der Waals surface area (Å²) in [5.74, 6) is -0.894. The molecule has 1 saturated heterocycles. The molecular formula is C17H20ClFN4O3S. The quantitative estimate of drug-likeness (QED) is 0.769. The van der Waals surface area contributed by atoms with Crippen molar-refractivity contribution in [3.63, 3.8) is 0 Å². The number of amides is 1. The topological polar surface area (TPSA) is 75.5 Å². The molecule has 0 unspecified atom stereocenters. The van der Waals surface area contributed by atoms with Crippen LogP contribution in [0.5, 0.6) is 0 Å². The van der Waals surface area contributed by atoms with Crippen LogP contribution >= 0.6 is 11.6 Å². The molecule has 2 aromatic rings. The number of sulfonamides is 1. The predicted octanol–water partition coefficient (Wildman–Crippen LogP) is 1.98. The van der Waals surface area contributed by atoms with Gasteiger partial charge in [-0.25, -0.2) is 12.8 Å². The molecule has 0 aliphatic carbocycles. The largest absolute Gasteiger partial charge is 0.336 e. The standard InChI is InChI=1S/C17H20ClFN4O3S/c1-11-16(12(2)21(3)20-11)27(25,26)23-8-6-22(7-9-23)17(24)13-4-5-15(19)14(18)10-13/h4-5,10H,6-9H2,1-3H3. The summed E-state index contributed by atoms with van der Waals surface area (Å²) in [5.41, 5.74) is 1.30. The van der Waals surface area contributed by atoms with Crippen molar-refractivity contribution in [1.82, 2.24) is 19.0 Å². The first-order valence-corrected chi connectivity index (χ1v) is 10.2. The normalized spacial score (nSPS) is 16.0. The number of aryl methyl sites for hydroxylation is 2. The van der Waals surface area contributed by atoms with Gasteiger partial charge in [0, 0.05) is 38.8 Å². The van der Waals surface area contributed by atoms with E-state index in [-0.39, 0.29) is 47.6 Å². The van der Waals surface area contributed by atoms with Crippen LogP contribution in [0.3, 0.4) is 0 Å². The monoisotopic (exact) mass is 414 g/mol. The molecule has 146 valence electrons. The molecule has 1 fully saturated rings. The van der Waals surface area contributed by atoms with E-state index in [2.05, 4.69) is 5.10 Å². The molecule has 1 aliphatic heterocycles. The van der Waals surface area contributed by atoms with Gasteiger partial charge in [0.25, 0.3) is 5.91 Å². The van der Waals surface area contributed by atoms with Crippen molar-refractivity contribution >= 4 is 27.5 Å². The lowest BCUT2D eigenvalue weighted by Crippen LogP contribution is -2.50. The summed E-state index contributed by atoms with van der Waals surface area (Å²) in [6.45, 7) is 4.22. The summed E-state index contributed by atoms with van der Waals surface area (Å²) in [7, 11) is -1.99. The number of aromatic nitrogens is 2. The molecule has 1 aromatic heterocycles. The molecule has 0 atom stereocenters. The highest BCUT2D eigenvalue weighted by molar-refractivity contribution is 7.89. The lowest BCUT2D eigenvalue weighted by Gasteiger charge is -2.34. The Hall–Kier alpha value is -1.97. The molecule has 27 heavy (non-hydrogen) atoms. The third kappa shape index (κ3) is 3.59. The molecule has 1 amide bonds. The second-order valence-corrected chi connectivity index (χ2v) is 8.73. The van der Waals surface area contributed by atoms with Crippen molar-refractivity contribution in [2.45, 2.75) is 18.7 Å². The van der Waals surface area contributed by atoms with E-state index in [9.17, 15) is 17.6 Å². The van der Waals surface area contributed by atoms with Crippen LogP contribution in [0.25, 0.3) is 0 Å². The highest BCUT2D eigenvalue weighted by Crippen LogP contribution is 2.24. The van der Waals surface area contributed by atoms with Crippen molar-refractivity contribution in [2.24, 2.45) is 7.05 Å². The highest BCUT2D eigenvalue weighted by atomic mass is 35.5. The van der Waals surface area contributed by atoms with Gasteiger partial charge in [-0.3, -0.25) is 9.48 Å². The molecule has 1 aromatic carbocycles. The van der Waals surface area contributed by atoms with Crippen LogP contribution < -0.4 is 0 Å². The van der Waals surface area contributed by atoms with Crippen LogP contribution in [0.15, 0.2) is 23.1 Å². The molecule has 0 N–H and O–H groups in total. The molecule has 0 radical (unpaired) electrons. The van der Waals surface area contributed by atoms with E-state index in [0.29, 0.717) is 11.4 Å². The van der Waals surface area contributed by atoms with Crippen LogP contribution in [-0.2, 0) is 17.1 Å². The Morgan fingerprint density at radius 2 is 1.81 bits per heavy atom. The number of rotatable bonds is 3. The minimum absolute atomic E-state index is 0.121. The average Bonchev–Trinajstić information content (AvgIpc) is 2.89. The Labute approximate surface area is 162 Å². The van der Waals surface area contributed by atoms with Gasteiger partial charge in [0.2, 0.25) is 10.0 Å². The molecular weight excluding hydrogens is 395 g/mol. The number of benzene rings is 1. The zero-order chi connectivity index (χ0) is 19.9. The Morgan fingerprint density at radius 1 is 1.19 bits per heavy atom. The minimum Gasteiger partial charge on any atom is -0.336 e. The van der Waals surface area contributed by atoms with Gasteiger partial charge in [0.1, 0.15) is 10.7 Å². The summed E-state index contributed by atoms with van der Waals surface area (Å²) >= 11 is 5.74. The van der Waals surface area contributed by atoms with Crippen molar-refractivity contribution in [2.75, 3.05) is 26.2 Å². The first kappa shape index (κ1) is 19.8. The molecule has 0 bridgehead atoms. The number of carbonyl (C=O) groups excluding carboxylic acids is 1. The Bertz CT molecular complexity index is 998. The predicted molar refractivity (Wildman–Crippen MR) is 98.8 cm³/mol. The number of piperazine rings is 1. The number of carbonyl (C=O) groups is 1. The fourth-order valence-electron chi connectivity index (χ4n) is 3.20. The van der Waals surface area contributed by atoms with Gasteiger partial charge in [-0.2, -0.15) is 9.40 Å². The van der Waals surface area contributed by atoms with E-state index >= 15 is 0 Å². The molecule has 2 heterocycles. The zero-order valence-electron chi connectivity index (χ0n) is 15.2. The SMILES string of the molecule is Cc1nn(C)c(C)c1S(=O)(=O)N1CCN(C(=O)c2ccc(F)c(Cl)c2)CC1. The van der Waals surface area contributed by atoms with Crippen LogP contribution in [0.2, 0.25) is 5.02 Å². The number of nitrogens with zero attached hydrogens (tertiary/aromatic N) is 4. The first-order chi connectivity index (χ1) is 12.6. The number of hydrogen-bond acceptors (Lipinski definition) is 4. The molecule has 0 saturated carbocycles. The second-order valence-electron chi connectivity index (χ2n) is 6.45. The van der Waals surface area contributed by atoms with Crippen molar-refractivity contribution in [3.05, 3.63) is 46.0 Å². The summed E-state index contributed by atoms with van der Waals surface area (Å²) in [4.78, 5) is 14.3. The van der Waals surface area contributed by atoms with Gasteiger partial charge in [-0.15, -0.1) is 0 Å². The van der Waals surface area contributed by atoms with Gasteiger partial charge in [-0.05, 0) is 32.0 Å². The van der Waals surface area contributed by atoms with Crippen molar-refractivity contribution < 1.29 is 17.6 Å². The Kier molecular flexibility index (Phi) is 5.29. The summed E-state index contributed by atoms with van der Waals surface area (Å²) in [5, 5.41) is 4.05. The van der Waals surface area contributed by atoms with E-state index < -0.39 is 15.8 Å². The third-order valence-electron chi connectivity index (χ3n) is 4.73. The lowest BCUT2D eigenvalue weighted by atomic mass is 10.2. The highest BCUT2D eigenvalue weighted by Gasteiger charge is 2.34. The molecule has 3 rings (SSSR count). The maximum absolute atomic E-state index is 13.3. The number of hydrogen-bond donors (Lipinski definition) is 0. The van der Waals surface area contributed by atoms with E-state index in [0.717, 1.165) is 6.07 Å².